The van der Waals surface area contributed by atoms with Crippen LogP contribution in [0.25, 0.3) is 33.7 Å². The maximum atomic E-state index is 13.1. The Morgan fingerprint density at radius 3 is 2.36 bits per heavy atom. The molecule has 1 N–H and O–H groups in total. The number of rotatable bonds is 7. The van der Waals surface area contributed by atoms with Gasteiger partial charge in [0.15, 0.2) is 17.3 Å². The molecule has 6 nitrogen and oxygen atoms in total. The number of carbonyl (C=O) groups is 1. The summed E-state index contributed by atoms with van der Waals surface area (Å²) >= 11 is 1.31. The van der Waals surface area contributed by atoms with E-state index in [9.17, 15) is 9.90 Å². The predicted molar refractivity (Wildman–Crippen MR) is 143 cm³/mol. The van der Waals surface area contributed by atoms with Crippen molar-refractivity contribution in [2.45, 2.75) is 6.92 Å². The lowest BCUT2D eigenvalue weighted by molar-refractivity contribution is 0.105. The fourth-order valence-electron chi connectivity index (χ4n) is 3.84. The van der Waals surface area contributed by atoms with Gasteiger partial charge in [-0.1, -0.05) is 84.1 Å². The summed E-state index contributed by atoms with van der Waals surface area (Å²) in [6, 6.07) is 27.0. The minimum Gasteiger partial charge on any atom is -0.504 e. The molecule has 0 radical (unpaired) electrons. The molecule has 5 aromatic rings. The fraction of sp³-hybridized carbons (Fsp3) is 0.0690. The number of phenols is 1. The molecule has 0 aliphatic heterocycles. The summed E-state index contributed by atoms with van der Waals surface area (Å²) in [4.78, 5) is 18.3. The van der Waals surface area contributed by atoms with Gasteiger partial charge in [0.2, 0.25) is 5.13 Å². The second-order valence-electron chi connectivity index (χ2n) is 8.10. The standard InChI is InChI=1S/C29H23N3O3S/c1-19-28(26(34)16-14-20-13-15-25(33)27(17-20)35-2)36-29(30-19)32-24(22-11-7-4-8-12-22)18-23(31-32)21-9-5-3-6-10-21/h3-18,33H,1-2H3/b16-14+. The van der Waals surface area contributed by atoms with Crippen LogP contribution >= 0.6 is 11.3 Å². The van der Waals surface area contributed by atoms with Crippen LogP contribution in [0.1, 0.15) is 20.9 Å². The first-order chi connectivity index (χ1) is 17.5. The molecule has 0 unspecified atom stereocenters. The molecule has 0 atom stereocenters. The SMILES string of the molecule is COc1cc(/C=C/C(=O)c2sc(-n3nc(-c4ccccc4)cc3-c3ccccc3)nc2C)ccc1O. The number of phenolic OH excluding ortho intramolecular Hbond substituents is 1. The summed E-state index contributed by atoms with van der Waals surface area (Å²) in [6.45, 7) is 1.83. The van der Waals surface area contributed by atoms with Gasteiger partial charge in [0.25, 0.3) is 0 Å². The van der Waals surface area contributed by atoms with Gasteiger partial charge in [0, 0.05) is 11.1 Å². The van der Waals surface area contributed by atoms with E-state index in [1.54, 1.807) is 22.9 Å². The molecule has 0 bridgehead atoms. The molecule has 0 saturated heterocycles. The molecule has 2 aromatic heterocycles. The number of ketones is 1. The molecule has 5 rings (SSSR count). The van der Waals surface area contributed by atoms with Crippen LogP contribution in [0, 0.1) is 6.92 Å². The van der Waals surface area contributed by atoms with Crippen LogP contribution in [0.15, 0.2) is 91.0 Å². The monoisotopic (exact) mass is 493 g/mol. The van der Waals surface area contributed by atoms with Crippen LogP contribution in [-0.2, 0) is 0 Å². The van der Waals surface area contributed by atoms with Gasteiger partial charge in [0.1, 0.15) is 0 Å². The molecule has 0 aliphatic carbocycles. The third-order valence-corrected chi connectivity index (χ3v) is 6.82. The number of ether oxygens (including phenoxy) is 1. The number of aromatic hydroxyl groups is 1. The lowest BCUT2D eigenvalue weighted by atomic mass is 10.1. The van der Waals surface area contributed by atoms with Crippen LogP contribution in [0.3, 0.4) is 0 Å². The number of hydrogen-bond donors (Lipinski definition) is 1. The summed E-state index contributed by atoms with van der Waals surface area (Å²) in [5.74, 6) is 0.245. The number of aryl methyl sites for hydroxylation is 1. The zero-order valence-electron chi connectivity index (χ0n) is 19.8. The molecule has 0 aliphatic rings. The molecule has 0 spiro atoms. The highest BCUT2D eigenvalue weighted by Crippen LogP contribution is 2.32. The molecule has 0 amide bonds. The molecule has 0 fully saturated rings. The minimum atomic E-state index is -0.153. The van der Waals surface area contributed by atoms with Gasteiger partial charge in [-0.2, -0.15) is 5.10 Å². The minimum absolute atomic E-state index is 0.0484. The summed E-state index contributed by atoms with van der Waals surface area (Å²) in [6.07, 6.45) is 3.20. The van der Waals surface area contributed by atoms with Gasteiger partial charge >= 0.3 is 0 Å². The number of nitrogens with zero attached hydrogens (tertiary/aromatic N) is 3. The lowest BCUT2D eigenvalue weighted by Crippen LogP contribution is -1.98. The van der Waals surface area contributed by atoms with E-state index in [1.807, 2.05) is 73.7 Å². The Morgan fingerprint density at radius 2 is 1.67 bits per heavy atom. The Bertz CT molecular complexity index is 1550. The topological polar surface area (TPSA) is 77.2 Å². The first-order valence-corrected chi connectivity index (χ1v) is 12.1. The second kappa shape index (κ2) is 10.0. The maximum Gasteiger partial charge on any atom is 0.211 e. The number of benzene rings is 3. The zero-order valence-corrected chi connectivity index (χ0v) is 20.6. The average molecular weight is 494 g/mol. The molecule has 3 aromatic carbocycles. The van der Waals surface area contributed by atoms with E-state index in [0.717, 1.165) is 28.1 Å². The van der Waals surface area contributed by atoms with Crippen molar-refractivity contribution in [1.29, 1.82) is 0 Å². The highest BCUT2D eigenvalue weighted by Gasteiger charge is 2.19. The maximum absolute atomic E-state index is 13.1. The van der Waals surface area contributed by atoms with Crippen LogP contribution in [0.5, 0.6) is 11.5 Å². The Morgan fingerprint density at radius 1 is 0.972 bits per heavy atom. The Hall–Kier alpha value is -4.49. The van der Waals surface area contributed by atoms with E-state index in [0.29, 0.717) is 21.5 Å². The highest BCUT2D eigenvalue weighted by atomic mass is 32.1. The highest BCUT2D eigenvalue weighted by molar-refractivity contribution is 7.16. The van der Waals surface area contributed by atoms with Gasteiger partial charge in [-0.25, -0.2) is 9.67 Å². The fourth-order valence-corrected chi connectivity index (χ4v) is 4.79. The van der Waals surface area contributed by atoms with Gasteiger partial charge in [-0.15, -0.1) is 0 Å². The molecule has 7 heteroatoms. The van der Waals surface area contributed by atoms with Crippen molar-refractivity contribution in [3.05, 3.63) is 107 Å². The summed E-state index contributed by atoms with van der Waals surface area (Å²) < 4.78 is 6.95. The molecular formula is C29H23N3O3S. The first kappa shape index (κ1) is 23.3. The van der Waals surface area contributed by atoms with Crippen molar-refractivity contribution < 1.29 is 14.6 Å². The van der Waals surface area contributed by atoms with Gasteiger partial charge in [-0.3, -0.25) is 4.79 Å². The number of methoxy groups -OCH3 is 1. The van der Waals surface area contributed by atoms with Crippen molar-refractivity contribution in [1.82, 2.24) is 14.8 Å². The number of aromatic nitrogens is 3. The molecular weight excluding hydrogens is 470 g/mol. The summed E-state index contributed by atoms with van der Waals surface area (Å²) in [5, 5.41) is 15.3. The molecule has 0 saturated carbocycles. The largest absolute Gasteiger partial charge is 0.504 e. The average Bonchev–Trinajstić information content (AvgIpc) is 3.53. The van der Waals surface area contributed by atoms with Crippen molar-refractivity contribution in [3.63, 3.8) is 0 Å². The van der Waals surface area contributed by atoms with E-state index in [-0.39, 0.29) is 11.5 Å². The van der Waals surface area contributed by atoms with E-state index in [4.69, 9.17) is 14.8 Å². The van der Waals surface area contributed by atoms with E-state index in [2.05, 4.69) is 0 Å². The molecule has 2 heterocycles. The van der Waals surface area contributed by atoms with Crippen LogP contribution in [0.4, 0.5) is 0 Å². The van der Waals surface area contributed by atoms with Gasteiger partial charge in [-0.05, 0) is 36.8 Å². The van der Waals surface area contributed by atoms with Gasteiger partial charge < -0.3 is 9.84 Å². The Labute approximate surface area is 212 Å². The van der Waals surface area contributed by atoms with Gasteiger partial charge in [0.05, 0.1) is 29.1 Å². The summed E-state index contributed by atoms with van der Waals surface area (Å²) in [7, 11) is 1.48. The van der Waals surface area contributed by atoms with Crippen molar-refractivity contribution in [3.8, 4) is 39.1 Å². The van der Waals surface area contributed by atoms with Crippen LogP contribution in [-0.4, -0.2) is 32.8 Å². The van der Waals surface area contributed by atoms with Crippen LogP contribution in [0.2, 0.25) is 0 Å². The zero-order chi connectivity index (χ0) is 25.1. The second-order valence-corrected chi connectivity index (χ2v) is 9.08. The van der Waals surface area contributed by atoms with E-state index < -0.39 is 0 Å². The van der Waals surface area contributed by atoms with Crippen LogP contribution < -0.4 is 4.74 Å². The third kappa shape index (κ3) is 4.69. The number of hydrogen-bond acceptors (Lipinski definition) is 6. The summed E-state index contributed by atoms with van der Waals surface area (Å²) in [5.41, 5.74) is 5.12. The van der Waals surface area contributed by atoms with E-state index >= 15 is 0 Å². The molecule has 36 heavy (non-hydrogen) atoms. The van der Waals surface area contributed by atoms with Crippen molar-refractivity contribution in [2.75, 3.05) is 7.11 Å². The predicted octanol–water partition coefficient (Wildman–Crippen LogP) is 6.58. The number of thiazole rings is 1. The smallest absolute Gasteiger partial charge is 0.211 e. The first-order valence-electron chi connectivity index (χ1n) is 11.3. The number of allylic oxidation sites excluding steroid dienone is 1. The van der Waals surface area contributed by atoms with E-state index in [1.165, 1.54) is 30.6 Å². The van der Waals surface area contributed by atoms with Crippen molar-refractivity contribution in [2.24, 2.45) is 0 Å². The normalized spacial score (nSPS) is 11.2. The lowest BCUT2D eigenvalue weighted by Gasteiger charge is -2.03. The third-order valence-electron chi connectivity index (χ3n) is 5.67. The number of carbonyl (C=O) groups excluding carboxylic acids is 1. The van der Waals surface area contributed by atoms with Crippen molar-refractivity contribution >= 4 is 23.2 Å². The Kier molecular flexibility index (Phi) is 6.47. The Balaban J connectivity index is 1.51. The quantitative estimate of drug-likeness (QED) is 0.205. The molecule has 178 valence electrons.